The standard InChI is InChI=1S/C8H17F2N3O2/c1-6(8(15)12-11)4-13(2-3-14)5-7(9)10/h6-7,14H,2-5,11H2,1H3,(H,12,15). The maximum atomic E-state index is 12.1. The van der Waals surface area contributed by atoms with E-state index in [1.54, 1.807) is 6.92 Å². The summed E-state index contributed by atoms with van der Waals surface area (Å²) in [5.74, 6) is 4.01. The lowest BCUT2D eigenvalue weighted by molar-refractivity contribution is -0.125. The number of alkyl halides is 2. The van der Waals surface area contributed by atoms with Crippen molar-refractivity contribution in [2.45, 2.75) is 13.3 Å². The van der Waals surface area contributed by atoms with Crippen LogP contribution in [0.3, 0.4) is 0 Å². The molecule has 0 saturated heterocycles. The maximum Gasteiger partial charge on any atom is 0.251 e. The third-order valence-corrected chi connectivity index (χ3v) is 1.93. The predicted octanol–water partition coefficient (Wildman–Crippen LogP) is -0.828. The second-order valence-electron chi connectivity index (χ2n) is 3.28. The number of aliphatic hydroxyl groups excluding tert-OH is 1. The van der Waals surface area contributed by atoms with E-state index in [4.69, 9.17) is 10.9 Å². The number of carbonyl (C=O) groups excluding carboxylic acids is 1. The van der Waals surface area contributed by atoms with Gasteiger partial charge in [-0.15, -0.1) is 0 Å². The van der Waals surface area contributed by atoms with E-state index in [0.29, 0.717) is 0 Å². The van der Waals surface area contributed by atoms with Crippen molar-refractivity contribution in [2.75, 3.05) is 26.2 Å². The molecule has 0 aromatic carbocycles. The summed E-state index contributed by atoms with van der Waals surface area (Å²) in [6.45, 7) is 1.17. The van der Waals surface area contributed by atoms with Crippen LogP contribution in [0.2, 0.25) is 0 Å². The van der Waals surface area contributed by atoms with Gasteiger partial charge in [0.05, 0.1) is 13.2 Å². The zero-order valence-electron chi connectivity index (χ0n) is 8.62. The topological polar surface area (TPSA) is 78.6 Å². The first-order valence-electron chi connectivity index (χ1n) is 4.63. The molecule has 7 heteroatoms. The second kappa shape index (κ2) is 7.49. The molecule has 0 aromatic heterocycles. The van der Waals surface area contributed by atoms with Gasteiger partial charge in [0.1, 0.15) is 0 Å². The van der Waals surface area contributed by atoms with Gasteiger partial charge in [0.15, 0.2) is 0 Å². The molecule has 0 rings (SSSR count). The Morgan fingerprint density at radius 1 is 1.53 bits per heavy atom. The number of aliphatic hydroxyl groups is 1. The molecule has 15 heavy (non-hydrogen) atoms. The maximum absolute atomic E-state index is 12.1. The Hall–Kier alpha value is -0.790. The van der Waals surface area contributed by atoms with Crippen molar-refractivity contribution < 1.29 is 18.7 Å². The predicted molar refractivity (Wildman–Crippen MR) is 51.0 cm³/mol. The quantitative estimate of drug-likeness (QED) is 0.300. The molecule has 4 N–H and O–H groups in total. The van der Waals surface area contributed by atoms with Crippen molar-refractivity contribution >= 4 is 5.91 Å². The molecule has 1 atom stereocenters. The van der Waals surface area contributed by atoms with E-state index >= 15 is 0 Å². The number of hydrazine groups is 1. The molecule has 0 aromatic rings. The first kappa shape index (κ1) is 14.2. The van der Waals surface area contributed by atoms with Crippen molar-refractivity contribution in [3.63, 3.8) is 0 Å². The Balaban J connectivity index is 4.08. The van der Waals surface area contributed by atoms with Crippen molar-refractivity contribution in [3.8, 4) is 0 Å². The van der Waals surface area contributed by atoms with E-state index in [9.17, 15) is 13.6 Å². The number of halogens is 2. The Morgan fingerprint density at radius 2 is 2.13 bits per heavy atom. The van der Waals surface area contributed by atoms with E-state index in [2.05, 4.69) is 0 Å². The molecule has 0 aliphatic carbocycles. The van der Waals surface area contributed by atoms with E-state index in [-0.39, 0.29) is 19.7 Å². The molecule has 1 unspecified atom stereocenters. The van der Waals surface area contributed by atoms with Crippen LogP contribution in [-0.4, -0.2) is 48.6 Å². The van der Waals surface area contributed by atoms with Crippen LogP contribution in [0.1, 0.15) is 6.92 Å². The second-order valence-corrected chi connectivity index (χ2v) is 3.28. The summed E-state index contributed by atoms with van der Waals surface area (Å²) in [4.78, 5) is 12.3. The van der Waals surface area contributed by atoms with Gasteiger partial charge in [0.2, 0.25) is 5.91 Å². The summed E-state index contributed by atoms with van der Waals surface area (Å²) in [6.07, 6.45) is -2.48. The van der Waals surface area contributed by atoms with Crippen LogP contribution in [0, 0.1) is 5.92 Å². The highest BCUT2D eigenvalue weighted by atomic mass is 19.3. The van der Waals surface area contributed by atoms with Gasteiger partial charge in [-0.25, -0.2) is 14.6 Å². The van der Waals surface area contributed by atoms with Crippen LogP contribution in [0.4, 0.5) is 8.78 Å². The fourth-order valence-corrected chi connectivity index (χ4v) is 1.21. The van der Waals surface area contributed by atoms with Crippen LogP contribution in [0.25, 0.3) is 0 Å². The molecule has 90 valence electrons. The molecule has 0 radical (unpaired) electrons. The first-order valence-corrected chi connectivity index (χ1v) is 4.63. The molecule has 0 spiro atoms. The lowest BCUT2D eigenvalue weighted by atomic mass is 10.1. The number of nitrogens with zero attached hydrogens (tertiary/aromatic N) is 1. The van der Waals surface area contributed by atoms with Gasteiger partial charge in [-0.3, -0.25) is 15.1 Å². The SMILES string of the molecule is CC(CN(CCO)CC(F)F)C(=O)NN. The molecule has 0 saturated carbocycles. The minimum absolute atomic E-state index is 0.118. The third-order valence-electron chi connectivity index (χ3n) is 1.93. The zero-order chi connectivity index (χ0) is 11.8. The van der Waals surface area contributed by atoms with Crippen molar-refractivity contribution in [3.05, 3.63) is 0 Å². The fourth-order valence-electron chi connectivity index (χ4n) is 1.21. The fraction of sp³-hybridized carbons (Fsp3) is 0.875. The summed E-state index contributed by atoms with van der Waals surface area (Å²) in [5.41, 5.74) is 1.95. The molecule has 0 fully saturated rings. The van der Waals surface area contributed by atoms with E-state index in [0.717, 1.165) is 0 Å². The van der Waals surface area contributed by atoms with E-state index in [1.165, 1.54) is 4.90 Å². The van der Waals surface area contributed by atoms with Gasteiger partial charge in [-0.1, -0.05) is 6.92 Å². The highest BCUT2D eigenvalue weighted by molar-refractivity contribution is 5.77. The number of hydrogen-bond donors (Lipinski definition) is 3. The molecule has 1 amide bonds. The number of amides is 1. The summed E-state index contributed by atoms with van der Waals surface area (Å²) in [7, 11) is 0. The Morgan fingerprint density at radius 3 is 2.53 bits per heavy atom. The molecular weight excluding hydrogens is 208 g/mol. The normalized spacial score (nSPS) is 13.3. The van der Waals surface area contributed by atoms with Gasteiger partial charge in [-0.05, 0) is 0 Å². The summed E-state index contributed by atoms with van der Waals surface area (Å²) >= 11 is 0. The van der Waals surface area contributed by atoms with E-state index in [1.807, 2.05) is 5.43 Å². The van der Waals surface area contributed by atoms with Gasteiger partial charge < -0.3 is 5.11 Å². The molecule has 0 bridgehead atoms. The largest absolute Gasteiger partial charge is 0.395 e. The minimum Gasteiger partial charge on any atom is -0.395 e. The van der Waals surface area contributed by atoms with Crippen LogP contribution >= 0.6 is 0 Å². The van der Waals surface area contributed by atoms with Gasteiger partial charge in [0, 0.05) is 19.0 Å². The van der Waals surface area contributed by atoms with Crippen molar-refractivity contribution in [1.82, 2.24) is 10.3 Å². The third kappa shape index (κ3) is 6.32. The number of rotatable bonds is 7. The number of nitrogens with one attached hydrogen (secondary N) is 1. The Kier molecular flexibility index (Phi) is 7.10. The molecule has 0 aliphatic rings. The number of carbonyl (C=O) groups is 1. The van der Waals surface area contributed by atoms with Gasteiger partial charge in [-0.2, -0.15) is 0 Å². The van der Waals surface area contributed by atoms with Crippen molar-refractivity contribution in [1.29, 1.82) is 0 Å². The molecule has 0 heterocycles. The van der Waals surface area contributed by atoms with Gasteiger partial charge >= 0.3 is 0 Å². The van der Waals surface area contributed by atoms with Crippen LogP contribution < -0.4 is 11.3 Å². The zero-order valence-corrected chi connectivity index (χ0v) is 8.62. The Bertz CT molecular complexity index is 193. The summed E-state index contributed by atoms with van der Waals surface area (Å²) in [5, 5.41) is 8.65. The van der Waals surface area contributed by atoms with Crippen LogP contribution in [0.5, 0.6) is 0 Å². The lowest BCUT2D eigenvalue weighted by Crippen LogP contribution is -2.42. The number of nitrogens with two attached hydrogens (primary N) is 1. The van der Waals surface area contributed by atoms with Crippen LogP contribution in [0.15, 0.2) is 0 Å². The minimum atomic E-state index is -2.48. The van der Waals surface area contributed by atoms with Crippen molar-refractivity contribution in [2.24, 2.45) is 11.8 Å². The molecule has 5 nitrogen and oxygen atoms in total. The highest BCUT2D eigenvalue weighted by Crippen LogP contribution is 2.03. The average molecular weight is 225 g/mol. The molecular formula is C8H17F2N3O2. The monoisotopic (exact) mass is 225 g/mol. The average Bonchev–Trinajstić information content (AvgIpc) is 2.15. The molecule has 0 aliphatic heterocycles. The Labute approximate surface area is 87.2 Å². The number of hydrogen-bond acceptors (Lipinski definition) is 4. The summed E-state index contributed by atoms with van der Waals surface area (Å²) in [6, 6.07) is 0. The lowest BCUT2D eigenvalue weighted by Gasteiger charge is -2.23. The van der Waals surface area contributed by atoms with Crippen LogP contribution in [-0.2, 0) is 4.79 Å². The van der Waals surface area contributed by atoms with E-state index < -0.39 is 24.8 Å². The highest BCUT2D eigenvalue weighted by Gasteiger charge is 2.18. The smallest absolute Gasteiger partial charge is 0.251 e. The first-order chi connectivity index (χ1) is 7.01. The summed E-state index contributed by atoms with van der Waals surface area (Å²) < 4.78 is 24.2. The van der Waals surface area contributed by atoms with Gasteiger partial charge in [0.25, 0.3) is 6.43 Å².